The van der Waals surface area contributed by atoms with E-state index >= 15 is 0 Å². The van der Waals surface area contributed by atoms with E-state index in [0.29, 0.717) is 18.0 Å². The van der Waals surface area contributed by atoms with Crippen LogP contribution >= 0.6 is 0 Å². The van der Waals surface area contributed by atoms with E-state index in [4.69, 9.17) is 5.73 Å². The second-order valence-corrected chi connectivity index (χ2v) is 5.82. The van der Waals surface area contributed by atoms with Crippen LogP contribution in [-0.4, -0.2) is 64.1 Å². The summed E-state index contributed by atoms with van der Waals surface area (Å²) in [6, 6.07) is 0.301. The minimum atomic E-state index is -0.443. The second kappa shape index (κ2) is 5.85. The highest BCUT2D eigenvalue weighted by Gasteiger charge is 2.29. The van der Waals surface area contributed by atoms with Gasteiger partial charge in [0.25, 0.3) is 5.91 Å². The standard InChI is InChI=1S/C14H21N5O2/c15-14(21)11-7-16-19(8-11)12-9-17(10-12)5-6-18-4-2-1-3-13(18)20/h7-8,12H,1-6,9-10H2,(H2,15,21). The highest BCUT2D eigenvalue weighted by Crippen LogP contribution is 2.21. The monoisotopic (exact) mass is 291 g/mol. The second-order valence-electron chi connectivity index (χ2n) is 5.82. The fraction of sp³-hybridized carbons (Fsp3) is 0.643. The molecule has 1 aromatic heterocycles. The number of nitrogens with zero attached hydrogens (tertiary/aromatic N) is 4. The average molecular weight is 291 g/mol. The first-order chi connectivity index (χ1) is 10.1. The normalized spacial score (nSPS) is 20.6. The molecule has 1 aromatic rings. The Morgan fingerprint density at radius 2 is 2.14 bits per heavy atom. The smallest absolute Gasteiger partial charge is 0.251 e. The molecular formula is C14H21N5O2. The van der Waals surface area contributed by atoms with Crippen molar-refractivity contribution < 1.29 is 9.59 Å². The Labute approximate surface area is 123 Å². The van der Waals surface area contributed by atoms with E-state index in [2.05, 4.69) is 10.00 Å². The number of aromatic nitrogens is 2. The van der Waals surface area contributed by atoms with Crippen LogP contribution in [0.25, 0.3) is 0 Å². The molecule has 7 nitrogen and oxygen atoms in total. The van der Waals surface area contributed by atoms with Crippen molar-refractivity contribution in [2.24, 2.45) is 5.73 Å². The Bertz CT molecular complexity index is 535. The van der Waals surface area contributed by atoms with Gasteiger partial charge in [-0.15, -0.1) is 0 Å². The van der Waals surface area contributed by atoms with Crippen molar-refractivity contribution >= 4 is 11.8 Å². The van der Waals surface area contributed by atoms with Gasteiger partial charge in [-0.2, -0.15) is 5.10 Å². The van der Waals surface area contributed by atoms with Crippen molar-refractivity contribution in [3.63, 3.8) is 0 Å². The number of piperidine rings is 1. The van der Waals surface area contributed by atoms with E-state index in [9.17, 15) is 9.59 Å². The van der Waals surface area contributed by atoms with Gasteiger partial charge in [-0.1, -0.05) is 0 Å². The molecule has 0 bridgehead atoms. The molecule has 2 aliphatic heterocycles. The first kappa shape index (κ1) is 14.1. The number of nitrogens with two attached hydrogens (primary N) is 1. The number of carbonyl (C=O) groups is 2. The largest absolute Gasteiger partial charge is 0.366 e. The van der Waals surface area contributed by atoms with Crippen molar-refractivity contribution in [1.82, 2.24) is 19.6 Å². The molecule has 2 N–H and O–H groups in total. The van der Waals surface area contributed by atoms with Gasteiger partial charge < -0.3 is 10.6 Å². The van der Waals surface area contributed by atoms with Crippen LogP contribution in [0.1, 0.15) is 35.7 Å². The molecular weight excluding hydrogens is 270 g/mol. The van der Waals surface area contributed by atoms with Gasteiger partial charge in [0.05, 0.1) is 17.8 Å². The summed E-state index contributed by atoms with van der Waals surface area (Å²) in [7, 11) is 0. The van der Waals surface area contributed by atoms with Crippen molar-refractivity contribution in [1.29, 1.82) is 0 Å². The summed E-state index contributed by atoms with van der Waals surface area (Å²) in [5, 5.41) is 4.18. The van der Waals surface area contributed by atoms with Crippen LogP contribution in [0.15, 0.2) is 12.4 Å². The molecule has 0 unspecified atom stereocenters. The summed E-state index contributed by atoms with van der Waals surface area (Å²) in [5.74, 6) is -0.155. The first-order valence-electron chi connectivity index (χ1n) is 7.47. The van der Waals surface area contributed by atoms with Crippen LogP contribution in [0.4, 0.5) is 0 Å². The number of amides is 2. The van der Waals surface area contributed by atoms with Crippen LogP contribution in [0, 0.1) is 0 Å². The summed E-state index contributed by atoms with van der Waals surface area (Å²) in [5.41, 5.74) is 5.67. The number of rotatable bonds is 5. The van der Waals surface area contributed by atoms with Crippen molar-refractivity contribution in [2.45, 2.75) is 25.3 Å². The van der Waals surface area contributed by atoms with E-state index in [1.807, 2.05) is 9.58 Å². The van der Waals surface area contributed by atoms with Gasteiger partial charge in [0.1, 0.15) is 0 Å². The molecule has 2 amide bonds. The fourth-order valence-corrected chi connectivity index (χ4v) is 2.92. The Morgan fingerprint density at radius 1 is 1.33 bits per heavy atom. The molecule has 3 rings (SSSR count). The number of hydrogen-bond acceptors (Lipinski definition) is 4. The van der Waals surface area contributed by atoms with Crippen molar-refractivity contribution in [3.8, 4) is 0 Å². The highest BCUT2D eigenvalue weighted by molar-refractivity contribution is 5.92. The van der Waals surface area contributed by atoms with E-state index in [1.54, 1.807) is 6.20 Å². The SMILES string of the molecule is NC(=O)c1cnn(C2CN(CCN3CCCCC3=O)C2)c1. The molecule has 0 atom stereocenters. The topological polar surface area (TPSA) is 84.5 Å². The third kappa shape index (κ3) is 3.07. The Morgan fingerprint density at radius 3 is 2.81 bits per heavy atom. The molecule has 0 aromatic carbocycles. The lowest BCUT2D eigenvalue weighted by Crippen LogP contribution is -2.51. The van der Waals surface area contributed by atoms with Crippen LogP contribution < -0.4 is 5.73 Å². The zero-order chi connectivity index (χ0) is 14.8. The lowest BCUT2D eigenvalue weighted by Gasteiger charge is -2.40. The van der Waals surface area contributed by atoms with E-state index in [-0.39, 0.29) is 5.91 Å². The number of likely N-dealkylation sites (tertiary alicyclic amines) is 2. The minimum absolute atomic E-state index is 0.288. The quantitative estimate of drug-likeness (QED) is 0.817. The molecule has 0 aliphatic carbocycles. The first-order valence-corrected chi connectivity index (χ1v) is 7.47. The lowest BCUT2D eigenvalue weighted by atomic mass is 10.1. The summed E-state index contributed by atoms with van der Waals surface area (Å²) >= 11 is 0. The fourth-order valence-electron chi connectivity index (χ4n) is 2.92. The Balaban J connectivity index is 1.43. The van der Waals surface area contributed by atoms with E-state index < -0.39 is 5.91 Å². The molecule has 2 fully saturated rings. The van der Waals surface area contributed by atoms with Crippen molar-refractivity contribution in [2.75, 3.05) is 32.7 Å². The Kier molecular flexibility index (Phi) is 3.92. The molecule has 7 heteroatoms. The maximum absolute atomic E-state index is 11.7. The van der Waals surface area contributed by atoms with E-state index in [1.165, 1.54) is 6.20 Å². The third-order valence-electron chi connectivity index (χ3n) is 4.31. The molecule has 21 heavy (non-hydrogen) atoms. The average Bonchev–Trinajstić information content (AvgIpc) is 2.88. The van der Waals surface area contributed by atoms with Gasteiger partial charge in [-0.25, -0.2) is 0 Å². The number of carbonyl (C=O) groups excluding carboxylic acids is 2. The van der Waals surface area contributed by atoms with Crippen LogP contribution in [-0.2, 0) is 4.79 Å². The molecule has 0 radical (unpaired) electrons. The summed E-state index contributed by atoms with van der Waals surface area (Å²) in [6.07, 6.45) is 6.07. The zero-order valence-corrected chi connectivity index (χ0v) is 12.1. The molecule has 2 saturated heterocycles. The van der Waals surface area contributed by atoms with Crippen LogP contribution in [0.3, 0.4) is 0 Å². The number of hydrogen-bond donors (Lipinski definition) is 1. The zero-order valence-electron chi connectivity index (χ0n) is 12.1. The third-order valence-corrected chi connectivity index (χ3v) is 4.31. The summed E-state index contributed by atoms with van der Waals surface area (Å²) in [6.45, 7) is 4.43. The van der Waals surface area contributed by atoms with Crippen molar-refractivity contribution in [3.05, 3.63) is 18.0 Å². The maximum atomic E-state index is 11.7. The number of primary amides is 1. The minimum Gasteiger partial charge on any atom is -0.366 e. The Hall–Kier alpha value is -1.89. The van der Waals surface area contributed by atoms with Gasteiger partial charge >= 0.3 is 0 Å². The summed E-state index contributed by atoms with van der Waals surface area (Å²) < 4.78 is 1.81. The molecule has 0 spiro atoms. The van der Waals surface area contributed by atoms with E-state index in [0.717, 1.165) is 45.6 Å². The predicted molar refractivity (Wildman–Crippen MR) is 76.7 cm³/mol. The van der Waals surface area contributed by atoms with Gasteiger partial charge in [-0.3, -0.25) is 19.2 Å². The van der Waals surface area contributed by atoms with Gasteiger partial charge in [0, 0.05) is 45.3 Å². The van der Waals surface area contributed by atoms with Crippen LogP contribution in [0.5, 0.6) is 0 Å². The molecule has 0 saturated carbocycles. The highest BCUT2D eigenvalue weighted by atomic mass is 16.2. The van der Waals surface area contributed by atoms with Gasteiger partial charge in [0.15, 0.2) is 0 Å². The lowest BCUT2D eigenvalue weighted by molar-refractivity contribution is -0.133. The summed E-state index contributed by atoms with van der Waals surface area (Å²) in [4.78, 5) is 27.0. The van der Waals surface area contributed by atoms with Gasteiger partial charge in [-0.05, 0) is 12.8 Å². The predicted octanol–water partition coefficient (Wildman–Crippen LogP) is -0.149. The van der Waals surface area contributed by atoms with Crippen LogP contribution in [0.2, 0.25) is 0 Å². The molecule has 3 heterocycles. The molecule has 2 aliphatic rings. The van der Waals surface area contributed by atoms with Gasteiger partial charge in [0.2, 0.25) is 5.91 Å². The molecule has 114 valence electrons. The maximum Gasteiger partial charge on any atom is 0.251 e.